The maximum atomic E-state index is 15.1. The number of hydrogen-bond acceptors (Lipinski definition) is 26. The molecule has 119 heavy (non-hydrogen) atoms. The van der Waals surface area contributed by atoms with E-state index in [4.69, 9.17) is 33.8 Å². The summed E-state index contributed by atoms with van der Waals surface area (Å²) in [6, 6.07) is -7.27. The minimum atomic E-state index is -2.00. The molecule has 2 heterocycles. The first kappa shape index (κ1) is 100. The number of aliphatic hydroxyl groups is 1. The second-order valence-corrected chi connectivity index (χ2v) is 32.0. The van der Waals surface area contributed by atoms with Crippen LogP contribution in [0.2, 0.25) is 0 Å². The molecule has 0 aliphatic carbocycles. The summed E-state index contributed by atoms with van der Waals surface area (Å²) in [4.78, 5) is 233. The van der Waals surface area contributed by atoms with Crippen molar-refractivity contribution in [1.29, 1.82) is 10.8 Å². The highest BCUT2D eigenvalue weighted by atomic mass is 33.1. The van der Waals surface area contributed by atoms with Crippen LogP contribution in [0.25, 0.3) is 0 Å². The third-order valence-corrected chi connectivity index (χ3v) is 21.8. The number of aromatic hydroxyl groups is 1. The maximum absolute atomic E-state index is 15.1. The van der Waals surface area contributed by atoms with Crippen molar-refractivity contribution in [2.75, 3.05) is 68.3 Å². The zero-order chi connectivity index (χ0) is 88.3. The number of imidazole rings is 1. The van der Waals surface area contributed by atoms with Crippen LogP contribution < -0.4 is 108 Å². The molecular formula is C72H110N24O19S4. The van der Waals surface area contributed by atoms with Gasteiger partial charge in [0.25, 0.3) is 0 Å². The monoisotopic (exact) mass is 1740 g/mol. The second-order valence-electron chi connectivity index (χ2n) is 27.5. The third kappa shape index (κ3) is 37.5. The number of benzene rings is 2. The van der Waals surface area contributed by atoms with E-state index in [1.807, 2.05) is 0 Å². The number of thioether (sulfide) groups is 2. The molecule has 14 atom stereocenters. The predicted octanol–water partition coefficient (Wildman–Crippen LogP) is -7.03. The molecule has 0 spiro atoms. The van der Waals surface area contributed by atoms with Gasteiger partial charge in [0.2, 0.25) is 88.6 Å². The Labute approximate surface area is 702 Å². The maximum Gasteiger partial charge on any atom is 0.305 e. The number of aromatic amines is 1. The smallest absolute Gasteiger partial charge is 0.305 e. The summed E-state index contributed by atoms with van der Waals surface area (Å²) in [6.45, 7) is 1.61. The average Bonchev–Trinajstić information content (AvgIpc) is 1.71. The van der Waals surface area contributed by atoms with Crippen molar-refractivity contribution in [2.45, 2.75) is 170 Å². The van der Waals surface area contributed by atoms with Crippen LogP contribution >= 0.6 is 45.1 Å². The molecule has 0 saturated carbocycles. The van der Waals surface area contributed by atoms with E-state index >= 15 is 4.79 Å². The number of carboxylic acid groups (broad SMARTS) is 1. The summed E-state index contributed by atoms with van der Waals surface area (Å²) in [7, 11) is 1.61. The number of nitrogens with zero attached hydrogens (tertiary/aromatic N) is 1. The van der Waals surface area contributed by atoms with Crippen LogP contribution in [0.1, 0.15) is 89.0 Å². The molecule has 1 aromatic heterocycles. The van der Waals surface area contributed by atoms with Gasteiger partial charge in [-0.05, 0) is 98.6 Å². The number of H-pyrrole nitrogens is 1. The summed E-state index contributed by atoms with van der Waals surface area (Å²) in [6.07, 6.45) is 3.90. The molecule has 15 amide bonds. The fraction of sp³-hybridized carbons (Fsp3) is 0.542. The van der Waals surface area contributed by atoms with Crippen LogP contribution in [-0.2, 0) is 96.0 Å². The molecule has 1 aliphatic rings. The zero-order valence-corrected chi connectivity index (χ0v) is 69.6. The van der Waals surface area contributed by atoms with E-state index in [1.54, 1.807) is 49.8 Å². The van der Waals surface area contributed by atoms with Crippen molar-refractivity contribution in [3.63, 3.8) is 0 Å². The minimum absolute atomic E-state index is 0.0465. The van der Waals surface area contributed by atoms with Gasteiger partial charge in [0.15, 0.2) is 11.9 Å². The van der Waals surface area contributed by atoms with E-state index in [0.29, 0.717) is 22.6 Å². The highest BCUT2D eigenvalue weighted by Crippen LogP contribution is 2.25. The topological polar surface area (TPSA) is 707 Å². The van der Waals surface area contributed by atoms with Crippen LogP contribution in [0, 0.1) is 16.7 Å². The van der Waals surface area contributed by atoms with Gasteiger partial charge < -0.3 is 128 Å². The Morgan fingerprint density at radius 1 is 0.605 bits per heavy atom. The zero-order valence-electron chi connectivity index (χ0n) is 66.3. The molecule has 4 rings (SSSR count). The highest BCUT2D eigenvalue weighted by Gasteiger charge is 2.39. The van der Waals surface area contributed by atoms with E-state index < -0.39 is 223 Å². The molecule has 47 heteroatoms. The molecule has 2 aromatic carbocycles. The highest BCUT2D eigenvalue weighted by molar-refractivity contribution is 8.76. The van der Waals surface area contributed by atoms with Gasteiger partial charge in [0, 0.05) is 55.7 Å². The van der Waals surface area contributed by atoms with Gasteiger partial charge in [-0.25, -0.2) is 4.98 Å². The molecule has 1 fully saturated rings. The molecule has 30 N–H and O–H groups in total. The summed E-state index contributed by atoms with van der Waals surface area (Å²) < 4.78 is 0. The van der Waals surface area contributed by atoms with E-state index in [1.165, 1.54) is 74.2 Å². The van der Waals surface area contributed by atoms with Crippen LogP contribution in [0.4, 0.5) is 0 Å². The van der Waals surface area contributed by atoms with Crippen LogP contribution in [0.3, 0.4) is 0 Å². The van der Waals surface area contributed by atoms with Crippen molar-refractivity contribution in [3.05, 3.63) is 83.9 Å². The Morgan fingerprint density at radius 2 is 1.18 bits per heavy atom. The number of aliphatic carboxylic acids is 1. The Hall–Kier alpha value is -11.2. The molecule has 1 aliphatic heterocycles. The molecule has 0 bridgehead atoms. The van der Waals surface area contributed by atoms with E-state index in [0.717, 1.165) is 21.6 Å². The first-order valence-corrected chi connectivity index (χ1v) is 43.1. The van der Waals surface area contributed by atoms with Crippen molar-refractivity contribution in [1.82, 2.24) is 95.0 Å². The number of carboxylic acids is 1. The number of aromatic nitrogens is 2. The Balaban J connectivity index is 1.92. The molecule has 43 nitrogen and oxygen atoms in total. The third-order valence-electron chi connectivity index (χ3n) is 18.1. The number of hydrogen-bond donors (Lipinski definition) is 26. The van der Waals surface area contributed by atoms with Gasteiger partial charge in [-0.1, -0.05) is 84.3 Å². The van der Waals surface area contributed by atoms with Gasteiger partial charge in [0.1, 0.15) is 78.3 Å². The van der Waals surface area contributed by atoms with Crippen molar-refractivity contribution in [3.8, 4) is 5.75 Å². The summed E-state index contributed by atoms with van der Waals surface area (Å²) in [5, 5.41) is 86.3. The fourth-order valence-electron chi connectivity index (χ4n) is 11.2. The standard InChI is InChI=1S/C72H110N24O19S4/c1-6-37(2)57-70(115)93-51(33-97)67(112)95-53(69(114)90-48(27-40-16-18-42(98)19-17-40)64(109)86-44(58(74)103)14-10-22-80-71(75)76)35-119-118-34-52(94-60(105)43(73)20-24-116-4)68(113)91-49(28-41-30-79-36-84-41)65(110)89-47(26-39-12-8-7-9-13-39)61(106)83-31-54(99)82-32-55(100)85-38(3)59(104)87-46(21-25-117-5)62(107)92-50(29-56(101)102)66(111)88-45(63(108)96-57)15-11-23-81-72(77)78/h7-9,12-13,16-19,30,36-38,43-53,57,97-98H,6,10-11,14-15,20-29,31-35,73H2,1-5H3,(H2,74,103)(H,79,84)(H,82,99)(H,83,106)(H,85,100)(H,86,109)(H,87,104)(H,88,111)(H,89,110)(H,90,114)(H,91,113)(H,92,107)(H,93,115)(H,94,105)(H,95,112)(H,96,108)(H,101,102)(H4,75,76,80)(H4,77,78,81)/t37-,38-,43-,44-,45+,46+,47+,48-,49-,50-,51+,52-,53+,57-/m0/s1. The van der Waals surface area contributed by atoms with E-state index in [-0.39, 0.29) is 94.8 Å². The van der Waals surface area contributed by atoms with Crippen molar-refractivity contribution < 1.29 is 92.0 Å². The SMILES string of the molecule is CC[C@H](C)[C@@H]1NC(=O)[C@@H](CCCNC(=N)N)NC(=O)[C@H](CC(=O)O)NC(=O)[C@@H](CCSC)NC(=O)[C@H](C)NC(=O)CNC(=O)CNC(=O)[C@@H](Cc2ccccc2)NC(=O)[C@H](Cc2cnc[nH]2)NC(=O)[C@@H](NC(=O)[C@@H](N)CCSC)CSSC[C@H](C(=O)N[C@@H](Cc2ccc(O)cc2)C(=O)N[C@@H](CCCNC(=N)N)C(N)=O)NC(=O)[C@@H](CO)NC1=O. The number of aliphatic hydroxyl groups excluding tert-OH is 1. The Bertz CT molecular complexity index is 3940. The molecule has 0 unspecified atom stereocenters. The second kappa shape index (κ2) is 53.3. The molecule has 3 aromatic rings. The molecule has 0 radical (unpaired) electrons. The summed E-state index contributed by atoms with van der Waals surface area (Å²) in [5.74, 6) is -19.4. The lowest BCUT2D eigenvalue weighted by Crippen LogP contribution is -2.62. The van der Waals surface area contributed by atoms with Crippen LogP contribution in [-0.4, -0.2) is 279 Å². The molecular weight excluding hydrogens is 1630 g/mol. The number of nitrogens with one attached hydrogen (secondary N) is 19. The van der Waals surface area contributed by atoms with E-state index in [2.05, 4.69) is 95.0 Å². The number of nitrogens with two attached hydrogens (primary N) is 4. The predicted molar refractivity (Wildman–Crippen MR) is 444 cm³/mol. The number of guanidine groups is 2. The minimum Gasteiger partial charge on any atom is -0.508 e. The lowest BCUT2D eigenvalue weighted by Gasteiger charge is -2.29. The number of phenols is 1. The average molecular weight is 1740 g/mol. The molecule has 656 valence electrons. The number of primary amides is 1. The molecule has 1 saturated heterocycles. The number of amides is 15. The Morgan fingerprint density at radius 3 is 1.80 bits per heavy atom. The number of carbonyl (C=O) groups excluding carboxylic acids is 15. The van der Waals surface area contributed by atoms with Gasteiger partial charge >= 0.3 is 5.97 Å². The first-order chi connectivity index (χ1) is 56.6. The summed E-state index contributed by atoms with van der Waals surface area (Å²) in [5.41, 5.74) is 24.1. The van der Waals surface area contributed by atoms with Gasteiger partial charge in [0.05, 0.1) is 38.5 Å². The quantitative estimate of drug-likeness (QED) is 0.0120. The van der Waals surface area contributed by atoms with Gasteiger partial charge in [-0.2, -0.15) is 23.5 Å². The lowest BCUT2D eigenvalue weighted by molar-refractivity contribution is -0.141. The Kier molecular flexibility index (Phi) is 44.9. The number of rotatable bonds is 32. The van der Waals surface area contributed by atoms with Crippen molar-refractivity contribution >= 4 is 152 Å². The van der Waals surface area contributed by atoms with Gasteiger partial charge in [-0.15, -0.1) is 0 Å². The summed E-state index contributed by atoms with van der Waals surface area (Å²) >= 11 is 2.61. The van der Waals surface area contributed by atoms with Gasteiger partial charge in [-0.3, -0.25) is 87.5 Å². The largest absolute Gasteiger partial charge is 0.508 e. The van der Waals surface area contributed by atoms with E-state index in [9.17, 15) is 87.2 Å². The van der Waals surface area contributed by atoms with Crippen molar-refractivity contribution in [2.24, 2.45) is 28.9 Å². The number of phenolic OH excluding ortho intramolecular Hbond substituents is 1. The first-order valence-electron chi connectivity index (χ1n) is 37.8. The van der Waals surface area contributed by atoms with Crippen LogP contribution in [0.15, 0.2) is 67.1 Å². The van der Waals surface area contributed by atoms with Crippen LogP contribution in [0.5, 0.6) is 5.75 Å². The lowest BCUT2D eigenvalue weighted by atomic mass is 9.97. The normalized spacial score (nSPS) is 22.2. The number of carbonyl (C=O) groups is 16. The fourth-order valence-corrected chi connectivity index (χ4v) is 14.5.